The molecule has 96 valence electrons. The normalized spacial score (nSPS) is 11.3. The molecule has 0 spiro atoms. The third-order valence-corrected chi connectivity index (χ3v) is 2.64. The summed E-state index contributed by atoms with van der Waals surface area (Å²) in [4.78, 5) is 0. The maximum atomic E-state index is 13.2. The highest BCUT2D eigenvalue weighted by molar-refractivity contribution is 6.28. The van der Waals surface area contributed by atoms with Gasteiger partial charge < -0.3 is 0 Å². The van der Waals surface area contributed by atoms with E-state index in [9.17, 15) is 13.2 Å². The van der Waals surface area contributed by atoms with Crippen LogP contribution in [0.4, 0.5) is 13.2 Å². The second kappa shape index (κ2) is 4.61. The molecule has 0 bridgehead atoms. The summed E-state index contributed by atoms with van der Waals surface area (Å²) in [7, 11) is 0. The van der Waals surface area contributed by atoms with Crippen molar-refractivity contribution < 1.29 is 13.2 Å². The second-order valence-corrected chi connectivity index (χ2v) is 4.38. The zero-order valence-corrected chi connectivity index (χ0v) is 10.3. The predicted octanol–water partition coefficient (Wildman–Crippen LogP) is 3.46. The zero-order valence-electron chi connectivity index (χ0n) is 9.59. The molecule has 0 aliphatic rings. The van der Waals surface area contributed by atoms with Gasteiger partial charge in [0.05, 0.1) is 5.69 Å². The Kier molecular flexibility index (Phi) is 3.30. The van der Waals surface area contributed by atoms with Crippen LogP contribution < -0.4 is 0 Å². The number of nitrogens with zero attached hydrogens (tertiary/aromatic N) is 3. The van der Waals surface area contributed by atoms with Crippen molar-refractivity contribution in [3.8, 4) is 5.69 Å². The third kappa shape index (κ3) is 2.08. The van der Waals surface area contributed by atoms with Crippen molar-refractivity contribution in [2.24, 2.45) is 0 Å². The van der Waals surface area contributed by atoms with E-state index in [1.54, 1.807) is 0 Å². The molecule has 7 heteroatoms. The highest BCUT2D eigenvalue weighted by Gasteiger charge is 2.18. The van der Waals surface area contributed by atoms with Crippen molar-refractivity contribution >= 4 is 11.6 Å². The molecule has 0 unspecified atom stereocenters. The minimum Gasteiger partial charge on any atom is -0.269 e. The summed E-state index contributed by atoms with van der Waals surface area (Å²) in [5, 5.41) is 7.41. The molecule has 0 atom stereocenters. The van der Waals surface area contributed by atoms with Gasteiger partial charge in [-0.05, 0) is 11.6 Å². The molecule has 0 saturated heterocycles. The highest BCUT2D eigenvalue weighted by Crippen LogP contribution is 2.24. The second-order valence-electron chi connectivity index (χ2n) is 4.04. The number of hydrogen-bond acceptors (Lipinski definition) is 2. The molecule has 0 saturated carbocycles. The first-order valence-electron chi connectivity index (χ1n) is 5.17. The Morgan fingerprint density at radius 2 is 1.67 bits per heavy atom. The van der Waals surface area contributed by atoms with Gasteiger partial charge in [0.2, 0.25) is 5.28 Å². The molecule has 0 radical (unpaired) electrons. The Labute approximate surface area is 106 Å². The SMILES string of the molecule is CC(C)c1nnc(Cl)n1-c1cc(F)c(F)c(F)c1. The summed E-state index contributed by atoms with van der Waals surface area (Å²) >= 11 is 5.82. The largest absolute Gasteiger partial charge is 0.269 e. The van der Waals surface area contributed by atoms with Gasteiger partial charge in [0, 0.05) is 18.1 Å². The number of aromatic nitrogens is 3. The number of benzene rings is 1. The van der Waals surface area contributed by atoms with Gasteiger partial charge in [-0.3, -0.25) is 4.57 Å². The van der Waals surface area contributed by atoms with Gasteiger partial charge in [0.1, 0.15) is 5.82 Å². The van der Waals surface area contributed by atoms with Gasteiger partial charge in [-0.2, -0.15) is 0 Å². The maximum Gasteiger partial charge on any atom is 0.229 e. The fourth-order valence-corrected chi connectivity index (χ4v) is 1.78. The molecule has 2 aromatic rings. The molecule has 1 aromatic heterocycles. The summed E-state index contributed by atoms with van der Waals surface area (Å²) in [6, 6.07) is 1.69. The number of hydrogen-bond donors (Lipinski definition) is 0. The molecule has 0 N–H and O–H groups in total. The Morgan fingerprint density at radius 1 is 1.11 bits per heavy atom. The third-order valence-electron chi connectivity index (χ3n) is 2.39. The van der Waals surface area contributed by atoms with E-state index in [1.807, 2.05) is 13.8 Å². The molecule has 0 amide bonds. The van der Waals surface area contributed by atoms with E-state index in [0.29, 0.717) is 5.82 Å². The molecule has 1 heterocycles. The van der Waals surface area contributed by atoms with Crippen molar-refractivity contribution in [1.29, 1.82) is 0 Å². The van der Waals surface area contributed by atoms with Crippen LogP contribution >= 0.6 is 11.6 Å². The molecule has 18 heavy (non-hydrogen) atoms. The Morgan fingerprint density at radius 3 is 2.17 bits per heavy atom. The van der Waals surface area contributed by atoms with Crippen LogP contribution in [0.2, 0.25) is 5.28 Å². The highest BCUT2D eigenvalue weighted by atomic mass is 35.5. The van der Waals surface area contributed by atoms with Crippen LogP contribution in [0.15, 0.2) is 12.1 Å². The van der Waals surface area contributed by atoms with Crippen LogP contribution in [-0.2, 0) is 0 Å². The van der Waals surface area contributed by atoms with E-state index in [-0.39, 0.29) is 16.9 Å². The Balaban J connectivity index is 2.65. The molecule has 0 aliphatic heterocycles. The molecular formula is C11H9ClF3N3. The van der Waals surface area contributed by atoms with E-state index in [0.717, 1.165) is 12.1 Å². The summed E-state index contributed by atoms with van der Waals surface area (Å²) in [5.41, 5.74) is 0.0464. The summed E-state index contributed by atoms with van der Waals surface area (Å²) < 4.78 is 40.5. The molecule has 0 aliphatic carbocycles. The molecule has 2 rings (SSSR count). The van der Waals surface area contributed by atoms with Crippen LogP contribution in [0, 0.1) is 17.5 Å². The minimum absolute atomic E-state index is 0.0379. The van der Waals surface area contributed by atoms with Crippen molar-refractivity contribution in [3.05, 3.63) is 40.7 Å². The fourth-order valence-electron chi connectivity index (χ4n) is 1.56. The van der Waals surface area contributed by atoms with Crippen LogP contribution in [-0.4, -0.2) is 14.8 Å². The standard InChI is InChI=1S/C11H9ClF3N3/c1-5(2)10-16-17-11(12)18(10)6-3-7(13)9(15)8(14)4-6/h3-5H,1-2H3. The van der Waals surface area contributed by atoms with Gasteiger partial charge in [-0.15, -0.1) is 10.2 Å². The molecular weight excluding hydrogens is 267 g/mol. The van der Waals surface area contributed by atoms with Gasteiger partial charge >= 0.3 is 0 Å². The zero-order chi connectivity index (χ0) is 13.4. The average Bonchev–Trinajstić information content (AvgIpc) is 2.67. The van der Waals surface area contributed by atoms with Gasteiger partial charge in [0.25, 0.3) is 0 Å². The van der Waals surface area contributed by atoms with Crippen molar-refractivity contribution in [3.63, 3.8) is 0 Å². The van der Waals surface area contributed by atoms with Crippen molar-refractivity contribution in [1.82, 2.24) is 14.8 Å². The first kappa shape index (κ1) is 12.9. The van der Waals surface area contributed by atoms with Crippen molar-refractivity contribution in [2.45, 2.75) is 19.8 Å². The lowest BCUT2D eigenvalue weighted by Gasteiger charge is -2.10. The quantitative estimate of drug-likeness (QED) is 0.786. The smallest absolute Gasteiger partial charge is 0.229 e. The summed E-state index contributed by atoms with van der Waals surface area (Å²) in [5.74, 6) is -3.71. The first-order valence-corrected chi connectivity index (χ1v) is 5.55. The predicted molar refractivity (Wildman–Crippen MR) is 60.3 cm³/mol. The van der Waals surface area contributed by atoms with Gasteiger partial charge in [-0.1, -0.05) is 13.8 Å². The minimum atomic E-state index is -1.52. The van der Waals surface area contributed by atoms with E-state index in [4.69, 9.17) is 11.6 Å². The van der Waals surface area contributed by atoms with Crippen LogP contribution in [0.3, 0.4) is 0 Å². The van der Waals surface area contributed by atoms with E-state index >= 15 is 0 Å². The molecule has 3 nitrogen and oxygen atoms in total. The molecule has 1 aromatic carbocycles. The Hall–Kier alpha value is -1.56. The first-order chi connectivity index (χ1) is 8.41. The maximum absolute atomic E-state index is 13.2. The molecule has 0 fully saturated rings. The van der Waals surface area contributed by atoms with Crippen LogP contribution in [0.5, 0.6) is 0 Å². The lowest BCUT2D eigenvalue weighted by Crippen LogP contribution is -2.05. The average molecular weight is 276 g/mol. The van der Waals surface area contributed by atoms with Crippen molar-refractivity contribution in [2.75, 3.05) is 0 Å². The van der Waals surface area contributed by atoms with Gasteiger partial charge in [0.15, 0.2) is 17.5 Å². The van der Waals surface area contributed by atoms with E-state index in [2.05, 4.69) is 10.2 Å². The van der Waals surface area contributed by atoms with E-state index < -0.39 is 17.5 Å². The number of rotatable bonds is 2. The van der Waals surface area contributed by atoms with Crippen LogP contribution in [0.25, 0.3) is 5.69 Å². The fraction of sp³-hybridized carbons (Fsp3) is 0.273. The Bertz CT molecular complexity index is 572. The monoisotopic (exact) mass is 275 g/mol. The van der Waals surface area contributed by atoms with E-state index in [1.165, 1.54) is 4.57 Å². The topological polar surface area (TPSA) is 30.7 Å². The lowest BCUT2D eigenvalue weighted by atomic mass is 10.2. The van der Waals surface area contributed by atoms with Crippen LogP contribution in [0.1, 0.15) is 25.6 Å². The summed E-state index contributed by atoms with van der Waals surface area (Å²) in [6.07, 6.45) is 0. The van der Waals surface area contributed by atoms with Gasteiger partial charge in [-0.25, -0.2) is 13.2 Å². The summed E-state index contributed by atoms with van der Waals surface area (Å²) in [6.45, 7) is 3.65. The lowest BCUT2D eigenvalue weighted by molar-refractivity contribution is 0.446. The number of halogens is 4.